The number of allylic oxidation sites excluding steroid dienone is 2. The molecule has 0 aromatic carbocycles. The summed E-state index contributed by atoms with van der Waals surface area (Å²) >= 11 is 6.44. The third-order valence-corrected chi connectivity index (χ3v) is 5.36. The molecule has 0 amide bonds. The van der Waals surface area contributed by atoms with E-state index < -0.39 is 0 Å². The van der Waals surface area contributed by atoms with Gasteiger partial charge < -0.3 is 5.21 Å². The summed E-state index contributed by atoms with van der Waals surface area (Å²) in [5, 5.41) is 12.4. The van der Waals surface area contributed by atoms with Crippen molar-refractivity contribution in [2.24, 2.45) is 28.3 Å². The van der Waals surface area contributed by atoms with E-state index in [1.165, 1.54) is 44.7 Å². The van der Waals surface area contributed by atoms with E-state index in [1.54, 1.807) is 6.08 Å². The molecule has 4 fully saturated rings. The van der Waals surface area contributed by atoms with E-state index in [0.717, 1.165) is 22.8 Å². The molecule has 88 valence electrons. The first kappa shape index (κ1) is 10.6. The molecule has 4 saturated carbocycles. The zero-order valence-electron chi connectivity index (χ0n) is 9.40. The van der Waals surface area contributed by atoms with Crippen LogP contribution >= 0.6 is 11.6 Å². The lowest BCUT2D eigenvalue weighted by atomic mass is 9.49. The van der Waals surface area contributed by atoms with Crippen molar-refractivity contribution in [3.63, 3.8) is 0 Å². The Hall–Kier alpha value is -0.500. The van der Waals surface area contributed by atoms with Crippen LogP contribution in [0.1, 0.15) is 38.5 Å². The predicted molar refractivity (Wildman–Crippen MR) is 64.8 cm³/mol. The maximum absolute atomic E-state index is 8.46. The minimum atomic E-state index is 0.234. The Labute approximate surface area is 101 Å². The molecule has 0 atom stereocenters. The van der Waals surface area contributed by atoms with Crippen LogP contribution in [0.4, 0.5) is 0 Å². The van der Waals surface area contributed by atoms with Gasteiger partial charge in [-0.15, -0.1) is 0 Å². The lowest BCUT2D eigenvalue weighted by Crippen LogP contribution is -2.46. The van der Waals surface area contributed by atoms with Gasteiger partial charge in [0, 0.05) is 10.4 Å². The van der Waals surface area contributed by atoms with Crippen LogP contribution in [0.25, 0.3) is 0 Å². The number of rotatable bonds is 2. The molecule has 0 unspecified atom stereocenters. The summed E-state index contributed by atoms with van der Waals surface area (Å²) in [6.07, 6.45) is 11.2. The van der Waals surface area contributed by atoms with Crippen LogP contribution < -0.4 is 0 Å². The molecular formula is C13H18ClNO. The van der Waals surface area contributed by atoms with Gasteiger partial charge in [-0.1, -0.05) is 16.8 Å². The van der Waals surface area contributed by atoms with Crippen molar-refractivity contribution in [2.45, 2.75) is 38.5 Å². The molecule has 2 nitrogen and oxygen atoms in total. The molecule has 4 bridgehead atoms. The molecule has 4 rings (SSSR count). The Morgan fingerprint density at radius 1 is 1.12 bits per heavy atom. The molecule has 4 aliphatic carbocycles. The molecule has 16 heavy (non-hydrogen) atoms. The Morgan fingerprint density at radius 3 is 2.06 bits per heavy atom. The molecule has 0 spiro atoms. The fraction of sp³-hybridized carbons (Fsp3) is 0.769. The molecule has 3 heteroatoms. The standard InChI is InChI=1S/C13H18ClNO/c14-12(1-2-15-16)13-6-9-3-10(7-13)5-11(4-9)8-13/h1-2,9-11,16H,3-8H2. The van der Waals surface area contributed by atoms with Crippen molar-refractivity contribution in [1.29, 1.82) is 0 Å². The van der Waals surface area contributed by atoms with Crippen molar-refractivity contribution >= 4 is 17.8 Å². The molecule has 0 aromatic rings. The average molecular weight is 240 g/mol. The van der Waals surface area contributed by atoms with Crippen molar-refractivity contribution < 1.29 is 5.21 Å². The van der Waals surface area contributed by atoms with Gasteiger partial charge in [0.1, 0.15) is 0 Å². The van der Waals surface area contributed by atoms with Crippen molar-refractivity contribution in [3.8, 4) is 0 Å². The topological polar surface area (TPSA) is 32.6 Å². The highest BCUT2D eigenvalue weighted by molar-refractivity contribution is 6.31. The van der Waals surface area contributed by atoms with E-state index in [2.05, 4.69) is 5.16 Å². The summed E-state index contributed by atoms with van der Waals surface area (Å²) in [5.74, 6) is 2.71. The Kier molecular flexibility index (Phi) is 2.50. The maximum atomic E-state index is 8.46. The summed E-state index contributed by atoms with van der Waals surface area (Å²) in [4.78, 5) is 0. The maximum Gasteiger partial charge on any atom is 0.0673 e. The Morgan fingerprint density at radius 2 is 1.62 bits per heavy atom. The summed E-state index contributed by atoms with van der Waals surface area (Å²) in [6, 6.07) is 0. The molecule has 0 aromatic heterocycles. The Balaban J connectivity index is 1.88. The SMILES string of the molecule is ON=CC=C(Cl)C12CC3CC(CC(C3)C1)C2. The van der Waals surface area contributed by atoms with E-state index in [4.69, 9.17) is 16.8 Å². The molecule has 4 aliphatic rings. The third-order valence-electron chi connectivity index (χ3n) is 4.83. The van der Waals surface area contributed by atoms with E-state index >= 15 is 0 Å². The molecule has 1 N–H and O–H groups in total. The third kappa shape index (κ3) is 1.58. The number of halogens is 1. The summed E-state index contributed by atoms with van der Waals surface area (Å²) in [6.45, 7) is 0. The van der Waals surface area contributed by atoms with E-state index in [-0.39, 0.29) is 5.41 Å². The number of nitrogens with zero attached hydrogens (tertiary/aromatic N) is 1. The van der Waals surface area contributed by atoms with Gasteiger partial charge in [0.25, 0.3) is 0 Å². The van der Waals surface area contributed by atoms with Gasteiger partial charge in [0.05, 0.1) is 6.21 Å². The molecular weight excluding hydrogens is 222 g/mol. The number of hydrogen-bond donors (Lipinski definition) is 1. The highest BCUT2D eigenvalue weighted by Crippen LogP contribution is 2.63. The Bertz CT molecular complexity index is 313. The second-order valence-corrected chi connectivity index (χ2v) is 6.38. The first-order valence-electron chi connectivity index (χ1n) is 6.25. The predicted octanol–water partition coefficient (Wildman–Crippen LogP) is 3.79. The summed E-state index contributed by atoms with van der Waals surface area (Å²) < 4.78 is 0. The second-order valence-electron chi connectivity index (χ2n) is 5.98. The fourth-order valence-corrected chi connectivity index (χ4v) is 4.97. The minimum absolute atomic E-state index is 0.234. The average Bonchev–Trinajstić information content (AvgIpc) is 2.24. The molecule has 0 saturated heterocycles. The van der Waals surface area contributed by atoms with Crippen molar-refractivity contribution in [1.82, 2.24) is 0 Å². The van der Waals surface area contributed by atoms with E-state index in [9.17, 15) is 0 Å². The summed E-state index contributed by atoms with van der Waals surface area (Å²) in [5.41, 5.74) is 0.234. The van der Waals surface area contributed by atoms with Gasteiger partial charge in [-0.3, -0.25) is 0 Å². The number of oxime groups is 1. The second kappa shape index (κ2) is 3.76. The van der Waals surface area contributed by atoms with Crippen LogP contribution in [0.3, 0.4) is 0 Å². The van der Waals surface area contributed by atoms with Gasteiger partial charge in [-0.25, -0.2) is 0 Å². The smallest absolute Gasteiger partial charge is 0.0673 e. The van der Waals surface area contributed by atoms with Crippen LogP contribution in [-0.4, -0.2) is 11.4 Å². The van der Waals surface area contributed by atoms with E-state index in [0.29, 0.717) is 0 Å². The highest BCUT2D eigenvalue weighted by Gasteiger charge is 2.52. The van der Waals surface area contributed by atoms with Crippen LogP contribution in [0.15, 0.2) is 16.3 Å². The van der Waals surface area contributed by atoms with Crippen molar-refractivity contribution in [3.05, 3.63) is 11.1 Å². The highest BCUT2D eigenvalue weighted by atomic mass is 35.5. The monoisotopic (exact) mass is 239 g/mol. The first-order chi connectivity index (χ1) is 7.72. The van der Waals surface area contributed by atoms with Gasteiger partial charge in [-0.2, -0.15) is 0 Å². The van der Waals surface area contributed by atoms with Gasteiger partial charge in [-0.05, 0) is 62.4 Å². The normalized spacial score (nSPS) is 46.8. The van der Waals surface area contributed by atoms with Crippen LogP contribution in [0.2, 0.25) is 0 Å². The summed E-state index contributed by atoms with van der Waals surface area (Å²) in [7, 11) is 0. The molecule has 0 heterocycles. The zero-order valence-corrected chi connectivity index (χ0v) is 10.2. The molecule has 0 aliphatic heterocycles. The fourth-order valence-electron chi connectivity index (χ4n) is 4.68. The van der Waals surface area contributed by atoms with E-state index in [1.807, 2.05) is 0 Å². The molecule has 0 radical (unpaired) electrons. The lowest BCUT2D eigenvalue weighted by molar-refractivity contribution is -0.0263. The minimum Gasteiger partial charge on any atom is -0.411 e. The first-order valence-corrected chi connectivity index (χ1v) is 6.63. The number of hydrogen-bond acceptors (Lipinski definition) is 2. The quantitative estimate of drug-likeness (QED) is 0.444. The zero-order chi connectivity index (χ0) is 11.2. The van der Waals surface area contributed by atoms with Crippen LogP contribution in [0, 0.1) is 23.2 Å². The van der Waals surface area contributed by atoms with Crippen molar-refractivity contribution in [2.75, 3.05) is 0 Å². The van der Waals surface area contributed by atoms with Crippen LogP contribution in [-0.2, 0) is 0 Å². The largest absolute Gasteiger partial charge is 0.411 e. The van der Waals surface area contributed by atoms with Gasteiger partial charge in [0.2, 0.25) is 0 Å². The lowest BCUT2D eigenvalue weighted by Gasteiger charge is -2.56. The van der Waals surface area contributed by atoms with Gasteiger partial charge in [0.15, 0.2) is 0 Å². The van der Waals surface area contributed by atoms with Gasteiger partial charge >= 0.3 is 0 Å². The van der Waals surface area contributed by atoms with Crippen LogP contribution in [0.5, 0.6) is 0 Å².